The average Bonchev–Trinajstić information content (AvgIpc) is 2.17. The van der Waals surface area contributed by atoms with Gasteiger partial charge >= 0.3 is 0 Å². The zero-order chi connectivity index (χ0) is 9.52. The molecule has 1 heterocycles. The molecule has 1 fully saturated rings. The van der Waals surface area contributed by atoms with Gasteiger partial charge in [-0.3, -0.25) is 4.79 Å². The fourth-order valence-electron chi connectivity index (χ4n) is 1.34. The Hall–Kier alpha value is -0.690. The molecule has 0 aromatic carbocycles. The Balaban J connectivity index is 2.10. The molecule has 1 aliphatic rings. The van der Waals surface area contributed by atoms with E-state index in [1.54, 1.807) is 0 Å². The topological polar surface area (TPSA) is 52.9 Å². The summed E-state index contributed by atoms with van der Waals surface area (Å²) in [4.78, 5) is 10.9. The van der Waals surface area contributed by atoms with Crippen LogP contribution in [0.25, 0.3) is 0 Å². The van der Waals surface area contributed by atoms with Crippen molar-refractivity contribution in [3.05, 3.63) is 0 Å². The fourth-order valence-corrected chi connectivity index (χ4v) is 2.55. The first kappa shape index (κ1) is 10.4. The van der Waals surface area contributed by atoms with Crippen LogP contribution >= 0.6 is 11.8 Å². The molecule has 13 heavy (non-hydrogen) atoms. The van der Waals surface area contributed by atoms with Gasteiger partial charge in [-0.2, -0.15) is 17.0 Å². The van der Waals surface area contributed by atoms with Gasteiger partial charge in [0, 0.05) is 6.54 Å². The SMILES string of the molecule is N#CCC(=O)NCC1CCSCC1. The van der Waals surface area contributed by atoms with Crippen molar-refractivity contribution in [2.45, 2.75) is 19.3 Å². The van der Waals surface area contributed by atoms with E-state index in [1.165, 1.54) is 24.3 Å². The number of hydrogen-bond acceptors (Lipinski definition) is 3. The molecule has 0 saturated carbocycles. The van der Waals surface area contributed by atoms with E-state index in [2.05, 4.69) is 5.32 Å². The lowest BCUT2D eigenvalue weighted by molar-refractivity contribution is -0.120. The summed E-state index contributed by atoms with van der Waals surface area (Å²) < 4.78 is 0. The number of nitrogens with zero attached hydrogens (tertiary/aromatic N) is 1. The first-order chi connectivity index (χ1) is 6.33. The van der Waals surface area contributed by atoms with Crippen LogP contribution in [0.1, 0.15) is 19.3 Å². The number of carbonyl (C=O) groups excluding carboxylic acids is 1. The molecule has 4 heteroatoms. The van der Waals surface area contributed by atoms with Gasteiger partial charge in [0.15, 0.2) is 0 Å². The van der Waals surface area contributed by atoms with Gasteiger partial charge < -0.3 is 5.32 Å². The third-order valence-electron chi connectivity index (χ3n) is 2.17. The molecule has 0 spiro atoms. The van der Waals surface area contributed by atoms with E-state index >= 15 is 0 Å². The summed E-state index contributed by atoms with van der Waals surface area (Å²) in [5.41, 5.74) is 0. The minimum absolute atomic E-state index is 0.0124. The van der Waals surface area contributed by atoms with Crippen molar-refractivity contribution in [2.75, 3.05) is 18.1 Å². The van der Waals surface area contributed by atoms with Crippen LogP contribution in [-0.2, 0) is 4.79 Å². The maximum atomic E-state index is 10.9. The van der Waals surface area contributed by atoms with Gasteiger partial charge in [-0.15, -0.1) is 0 Å². The highest BCUT2D eigenvalue weighted by Gasteiger charge is 2.13. The van der Waals surface area contributed by atoms with Gasteiger partial charge in [-0.05, 0) is 30.3 Å². The number of nitrogens with one attached hydrogen (secondary N) is 1. The summed E-state index contributed by atoms with van der Waals surface area (Å²) >= 11 is 1.98. The number of nitriles is 1. The molecule has 0 aromatic heterocycles. The Kier molecular flexibility index (Phi) is 4.69. The van der Waals surface area contributed by atoms with Gasteiger partial charge in [-0.25, -0.2) is 0 Å². The summed E-state index contributed by atoms with van der Waals surface area (Å²) in [6, 6.07) is 1.84. The van der Waals surface area contributed by atoms with Gasteiger partial charge in [0.2, 0.25) is 5.91 Å². The van der Waals surface area contributed by atoms with Crippen molar-refractivity contribution in [3.63, 3.8) is 0 Å². The molecular formula is C9H14N2OS. The minimum atomic E-state index is -0.138. The maximum Gasteiger partial charge on any atom is 0.234 e. The Labute approximate surface area is 82.9 Å². The molecular weight excluding hydrogens is 184 g/mol. The van der Waals surface area contributed by atoms with Crippen LogP contribution in [-0.4, -0.2) is 24.0 Å². The first-order valence-electron chi connectivity index (χ1n) is 4.54. The first-order valence-corrected chi connectivity index (χ1v) is 5.70. The molecule has 3 nitrogen and oxygen atoms in total. The predicted octanol–water partition coefficient (Wildman–Crippen LogP) is 1.16. The molecule has 72 valence electrons. The van der Waals surface area contributed by atoms with Crippen LogP contribution in [0.5, 0.6) is 0 Å². The van der Waals surface area contributed by atoms with Crippen LogP contribution in [0, 0.1) is 17.2 Å². The molecule has 1 aliphatic heterocycles. The Morgan fingerprint density at radius 1 is 1.54 bits per heavy atom. The Morgan fingerprint density at radius 2 is 2.23 bits per heavy atom. The quantitative estimate of drug-likeness (QED) is 0.740. The second-order valence-corrected chi connectivity index (χ2v) is 4.42. The smallest absolute Gasteiger partial charge is 0.234 e. The highest BCUT2D eigenvalue weighted by molar-refractivity contribution is 7.99. The van der Waals surface area contributed by atoms with Crippen molar-refractivity contribution in [1.29, 1.82) is 5.26 Å². The average molecular weight is 198 g/mol. The molecule has 0 bridgehead atoms. The molecule has 0 aromatic rings. The lowest BCUT2D eigenvalue weighted by Gasteiger charge is -2.21. The molecule has 0 unspecified atom stereocenters. The molecule has 0 atom stereocenters. The van der Waals surface area contributed by atoms with E-state index in [4.69, 9.17) is 5.26 Å². The van der Waals surface area contributed by atoms with Crippen LogP contribution < -0.4 is 5.32 Å². The van der Waals surface area contributed by atoms with E-state index in [0.29, 0.717) is 5.92 Å². The third-order valence-corrected chi connectivity index (χ3v) is 3.22. The zero-order valence-corrected chi connectivity index (χ0v) is 8.40. The Bertz CT molecular complexity index is 206. The molecule has 0 aliphatic carbocycles. The summed E-state index contributed by atoms with van der Waals surface area (Å²) in [6.07, 6.45) is 2.37. The Morgan fingerprint density at radius 3 is 2.85 bits per heavy atom. The second-order valence-electron chi connectivity index (χ2n) is 3.19. The monoisotopic (exact) mass is 198 g/mol. The largest absolute Gasteiger partial charge is 0.355 e. The molecule has 1 rings (SSSR count). The fraction of sp³-hybridized carbons (Fsp3) is 0.778. The summed E-state index contributed by atoms with van der Waals surface area (Å²) in [5, 5.41) is 11.0. The van der Waals surface area contributed by atoms with Gasteiger partial charge in [0.05, 0.1) is 6.07 Å². The maximum absolute atomic E-state index is 10.9. The highest BCUT2D eigenvalue weighted by Crippen LogP contribution is 2.21. The van der Waals surface area contributed by atoms with Crippen molar-refractivity contribution in [2.24, 2.45) is 5.92 Å². The van der Waals surface area contributed by atoms with Crippen LogP contribution in [0.2, 0.25) is 0 Å². The number of carbonyl (C=O) groups is 1. The number of rotatable bonds is 3. The van der Waals surface area contributed by atoms with Crippen LogP contribution in [0.4, 0.5) is 0 Å². The van der Waals surface area contributed by atoms with E-state index in [-0.39, 0.29) is 12.3 Å². The van der Waals surface area contributed by atoms with E-state index < -0.39 is 0 Å². The second kappa shape index (κ2) is 5.87. The van der Waals surface area contributed by atoms with Crippen molar-refractivity contribution >= 4 is 17.7 Å². The predicted molar refractivity (Wildman–Crippen MR) is 53.3 cm³/mol. The van der Waals surface area contributed by atoms with Crippen molar-refractivity contribution in [1.82, 2.24) is 5.32 Å². The summed E-state index contributed by atoms with van der Waals surface area (Å²) in [6.45, 7) is 0.751. The normalized spacial score (nSPS) is 17.8. The van der Waals surface area contributed by atoms with E-state index in [1.807, 2.05) is 17.8 Å². The van der Waals surface area contributed by atoms with Crippen LogP contribution in [0.3, 0.4) is 0 Å². The molecule has 1 amide bonds. The lowest BCUT2D eigenvalue weighted by Crippen LogP contribution is -2.30. The third kappa shape index (κ3) is 4.18. The lowest BCUT2D eigenvalue weighted by atomic mass is 10.0. The van der Waals surface area contributed by atoms with Gasteiger partial charge in [0.25, 0.3) is 0 Å². The van der Waals surface area contributed by atoms with Gasteiger partial charge in [-0.1, -0.05) is 0 Å². The van der Waals surface area contributed by atoms with Crippen molar-refractivity contribution in [3.8, 4) is 6.07 Å². The number of hydrogen-bond donors (Lipinski definition) is 1. The summed E-state index contributed by atoms with van der Waals surface area (Å²) in [7, 11) is 0. The van der Waals surface area contributed by atoms with E-state index in [0.717, 1.165) is 6.54 Å². The van der Waals surface area contributed by atoms with Crippen molar-refractivity contribution < 1.29 is 4.79 Å². The standard InChI is InChI=1S/C9H14N2OS/c10-4-1-9(12)11-7-8-2-5-13-6-3-8/h8H,1-3,5-7H2,(H,11,12). The number of thioether (sulfide) groups is 1. The number of amides is 1. The molecule has 0 radical (unpaired) electrons. The van der Waals surface area contributed by atoms with Gasteiger partial charge in [0.1, 0.15) is 6.42 Å². The van der Waals surface area contributed by atoms with Crippen LogP contribution in [0.15, 0.2) is 0 Å². The summed E-state index contributed by atoms with van der Waals surface area (Å²) in [5.74, 6) is 2.90. The molecule has 1 saturated heterocycles. The van der Waals surface area contributed by atoms with E-state index in [9.17, 15) is 4.79 Å². The highest BCUT2D eigenvalue weighted by atomic mass is 32.2. The molecule has 1 N–H and O–H groups in total. The minimum Gasteiger partial charge on any atom is -0.355 e. The zero-order valence-electron chi connectivity index (χ0n) is 7.58.